The molecule has 0 saturated heterocycles. The summed E-state index contributed by atoms with van der Waals surface area (Å²) in [5.74, 6) is 2.08. The van der Waals surface area contributed by atoms with Crippen molar-refractivity contribution >= 4 is 17.4 Å². The van der Waals surface area contributed by atoms with Crippen molar-refractivity contribution in [1.82, 2.24) is 9.97 Å². The first-order valence-electron chi connectivity index (χ1n) is 6.71. The Labute approximate surface area is 112 Å². The number of halogens is 1. The van der Waals surface area contributed by atoms with Crippen LogP contribution >= 0.6 is 11.6 Å². The summed E-state index contributed by atoms with van der Waals surface area (Å²) in [6.07, 6.45) is 6.16. The van der Waals surface area contributed by atoms with E-state index in [1.807, 2.05) is 0 Å². The summed E-state index contributed by atoms with van der Waals surface area (Å²) in [6, 6.07) is 1.84. The summed E-state index contributed by atoms with van der Waals surface area (Å²) in [6.45, 7) is 0. The number of hydrogen-bond donors (Lipinski definition) is 2. The fraction of sp³-hybridized carbons (Fsp3) is 0.692. The maximum Gasteiger partial charge on any atom is 0.135 e. The van der Waals surface area contributed by atoms with Gasteiger partial charge in [-0.2, -0.15) is 0 Å². The van der Waals surface area contributed by atoms with Crippen molar-refractivity contribution in [3.63, 3.8) is 0 Å². The number of aliphatic hydroxyl groups excluding tert-OH is 1. The number of nitrogens with zero attached hydrogens (tertiary/aromatic N) is 2. The lowest BCUT2D eigenvalue weighted by Gasteiger charge is -2.28. The van der Waals surface area contributed by atoms with Gasteiger partial charge < -0.3 is 10.4 Å². The van der Waals surface area contributed by atoms with Crippen LogP contribution in [-0.4, -0.2) is 27.2 Å². The molecule has 0 spiro atoms. The van der Waals surface area contributed by atoms with Crippen LogP contribution in [0.1, 0.15) is 50.3 Å². The van der Waals surface area contributed by atoms with Crippen molar-refractivity contribution in [3.8, 4) is 0 Å². The fourth-order valence-electron chi connectivity index (χ4n) is 2.50. The Hall–Kier alpha value is -0.870. The van der Waals surface area contributed by atoms with Crippen LogP contribution < -0.4 is 5.32 Å². The van der Waals surface area contributed by atoms with E-state index in [-0.39, 0.29) is 12.1 Å². The van der Waals surface area contributed by atoms with Crippen LogP contribution in [0.15, 0.2) is 6.07 Å². The molecule has 0 bridgehead atoms. The van der Waals surface area contributed by atoms with Crippen LogP contribution in [0.5, 0.6) is 0 Å². The van der Waals surface area contributed by atoms with Crippen molar-refractivity contribution in [2.24, 2.45) is 0 Å². The molecular weight excluding hydrogens is 250 g/mol. The zero-order chi connectivity index (χ0) is 12.5. The molecule has 1 heterocycles. The van der Waals surface area contributed by atoms with Crippen molar-refractivity contribution in [2.45, 2.75) is 56.6 Å². The quantitative estimate of drug-likeness (QED) is 0.827. The molecule has 0 aliphatic heterocycles. The molecule has 3 rings (SSSR count). The molecule has 18 heavy (non-hydrogen) atoms. The SMILES string of the molecule is OC1CCCCC1Nc1cc(Cl)nc(C2CC2)n1. The summed E-state index contributed by atoms with van der Waals surface area (Å²) in [5.41, 5.74) is 0. The van der Waals surface area contributed by atoms with Crippen LogP contribution in [-0.2, 0) is 0 Å². The third-order valence-electron chi connectivity index (χ3n) is 3.72. The lowest BCUT2D eigenvalue weighted by molar-refractivity contribution is 0.116. The highest BCUT2D eigenvalue weighted by Gasteiger charge is 2.28. The van der Waals surface area contributed by atoms with Gasteiger partial charge in [-0.05, 0) is 25.7 Å². The fourth-order valence-corrected chi connectivity index (χ4v) is 2.69. The molecular formula is C13H18ClN3O. The first kappa shape index (κ1) is 12.2. The molecule has 2 unspecified atom stereocenters. The van der Waals surface area contributed by atoms with E-state index in [0.29, 0.717) is 11.1 Å². The molecule has 0 radical (unpaired) electrons. The molecule has 2 fully saturated rings. The van der Waals surface area contributed by atoms with E-state index in [9.17, 15) is 5.11 Å². The van der Waals surface area contributed by atoms with Gasteiger partial charge in [-0.1, -0.05) is 24.4 Å². The van der Waals surface area contributed by atoms with Crippen LogP contribution in [0.4, 0.5) is 5.82 Å². The predicted octanol–water partition coefficient (Wildman–Crippen LogP) is 2.72. The van der Waals surface area contributed by atoms with Gasteiger partial charge in [0.2, 0.25) is 0 Å². The zero-order valence-electron chi connectivity index (χ0n) is 10.3. The van der Waals surface area contributed by atoms with Gasteiger partial charge in [-0.15, -0.1) is 0 Å². The molecule has 5 heteroatoms. The van der Waals surface area contributed by atoms with Crippen LogP contribution in [0.2, 0.25) is 5.15 Å². The molecule has 0 amide bonds. The van der Waals surface area contributed by atoms with E-state index in [1.54, 1.807) is 6.07 Å². The number of nitrogens with one attached hydrogen (secondary N) is 1. The minimum atomic E-state index is -0.281. The monoisotopic (exact) mass is 267 g/mol. The van der Waals surface area contributed by atoms with Gasteiger partial charge in [0.05, 0.1) is 12.1 Å². The zero-order valence-corrected chi connectivity index (χ0v) is 11.0. The van der Waals surface area contributed by atoms with Gasteiger partial charge >= 0.3 is 0 Å². The molecule has 2 atom stereocenters. The smallest absolute Gasteiger partial charge is 0.135 e. The maximum atomic E-state index is 9.95. The Bertz CT molecular complexity index is 436. The Morgan fingerprint density at radius 1 is 1.17 bits per heavy atom. The molecule has 98 valence electrons. The average molecular weight is 268 g/mol. The number of aromatic nitrogens is 2. The average Bonchev–Trinajstić information content (AvgIpc) is 3.15. The van der Waals surface area contributed by atoms with Gasteiger partial charge in [0.1, 0.15) is 16.8 Å². The third kappa shape index (κ3) is 2.75. The van der Waals surface area contributed by atoms with Gasteiger partial charge in [0.15, 0.2) is 0 Å². The minimum absolute atomic E-state index is 0.0942. The van der Waals surface area contributed by atoms with Gasteiger partial charge in [-0.3, -0.25) is 0 Å². The minimum Gasteiger partial charge on any atom is -0.391 e. The molecule has 2 N–H and O–H groups in total. The highest BCUT2D eigenvalue weighted by molar-refractivity contribution is 6.29. The third-order valence-corrected chi connectivity index (χ3v) is 3.91. The molecule has 2 aliphatic rings. The largest absolute Gasteiger partial charge is 0.391 e. The topological polar surface area (TPSA) is 58.0 Å². The Morgan fingerprint density at radius 3 is 2.67 bits per heavy atom. The number of rotatable bonds is 3. The van der Waals surface area contributed by atoms with Crippen LogP contribution in [0.25, 0.3) is 0 Å². The van der Waals surface area contributed by atoms with E-state index in [4.69, 9.17) is 11.6 Å². The second-order valence-electron chi connectivity index (χ2n) is 5.31. The van der Waals surface area contributed by atoms with Crippen molar-refractivity contribution in [2.75, 3.05) is 5.32 Å². The van der Waals surface area contributed by atoms with Gasteiger partial charge in [0.25, 0.3) is 0 Å². The van der Waals surface area contributed by atoms with Crippen molar-refractivity contribution in [1.29, 1.82) is 0 Å². The molecule has 2 aliphatic carbocycles. The first-order chi connectivity index (χ1) is 8.72. The molecule has 2 saturated carbocycles. The van der Waals surface area contributed by atoms with Crippen molar-refractivity contribution in [3.05, 3.63) is 17.0 Å². The number of hydrogen-bond acceptors (Lipinski definition) is 4. The van der Waals surface area contributed by atoms with E-state index in [1.165, 1.54) is 0 Å². The highest BCUT2D eigenvalue weighted by atomic mass is 35.5. The summed E-state index contributed by atoms with van der Waals surface area (Å²) < 4.78 is 0. The maximum absolute atomic E-state index is 9.95. The Balaban J connectivity index is 1.74. The number of anilines is 1. The molecule has 0 aromatic carbocycles. The summed E-state index contributed by atoms with van der Waals surface area (Å²) >= 11 is 6.02. The lowest BCUT2D eigenvalue weighted by atomic mass is 9.93. The Morgan fingerprint density at radius 2 is 1.94 bits per heavy atom. The highest BCUT2D eigenvalue weighted by Crippen LogP contribution is 2.38. The lowest BCUT2D eigenvalue weighted by Crippen LogP contribution is -2.36. The molecule has 1 aromatic rings. The van der Waals surface area contributed by atoms with Gasteiger partial charge in [0, 0.05) is 12.0 Å². The van der Waals surface area contributed by atoms with E-state index < -0.39 is 0 Å². The standard InChI is InChI=1S/C13H18ClN3O/c14-11-7-12(17-13(16-11)8-5-6-8)15-9-3-1-2-4-10(9)18/h7-10,18H,1-6H2,(H,15,16,17). The summed E-state index contributed by atoms with van der Waals surface area (Å²) in [7, 11) is 0. The van der Waals surface area contributed by atoms with E-state index in [2.05, 4.69) is 15.3 Å². The molecule has 1 aromatic heterocycles. The first-order valence-corrected chi connectivity index (χ1v) is 7.09. The molecule has 4 nitrogen and oxygen atoms in total. The second kappa shape index (κ2) is 5.02. The predicted molar refractivity (Wildman–Crippen MR) is 70.9 cm³/mol. The van der Waals surface area contributed by atoms with Crippen LogP contribution in [0.3, 0.4) is 0 Å². The van der Waals surface area contributed by atoms with Crippen LogP contribution in [0, 0.1) is 0 Å². The second-order valence-corrected chi connectivity index (χ2v) is 5.70. The summed E-state index contributed by atoms with van der Waals surface area (Å²) in [5, 5.41) is 13.7. The van der Waals surface area contributed by atoms with Crippen molar-refractivity contribution < 1.29 is 5.11 Å². The Kier molecular flexibility index (Phi) is 3.39. The van der Waals surface area contributed by atoms with E-state index in [0.717, 1.165) is 50.2 Å². The number of aliphatic hydroxyl groups is 1. The normalized spacial score (nSPS) is 28.1. The summed E-state index contributed by atoms with van der Waals surface area (Å²) in [4.78, 5) is 8.77. The van der Waals surface area contributed by atoms with E-state index >= 15 is 0 Å². The van der Waals surface area contributed by atoms with Gasteiger partial charge in [-0.25, -0.2) is 9.97 Å².